The van der Waals surface area contributed by atoms with Crippen LogP contribution >= 0.6 is 0 Å². The Kier molecular flexibility index (Phi) is 2.58. The van der Waals surface area contributed by atoms with E-state index in [4.69, 9.17) is 14.2 Å². The summed E-state index contributed by atoms with van der Waals surface area (Å²) >= 11 is 0. The molecule has 8 nitrogen and oxygen atoms in total. The fraction of sp³-hybridized carbons (Fsp3) is 0.733. The number of carbonyl (C=O) groups excluding carboxylic acids is 2. The lowest BCUT2D eigenvalue weighted by molar-refractivity contribution is -0.247. The maximum Gasteiger partial charge on any atom is 0.283 e. The number of aliphatic hydroxyl groups is 1. The zero-order valence-electron chi connectivity index (χ0n) is 13.3. The molecule has 0 unspecified atom stereocenters. The average Bonchev–Trinajstić information content (AvgIpc) is 2.80. The Hall–Kier alpha value is -1.48. The molecule has 5 aliphatic rings. The van der Waals surface area contributed by atoms with Gasteiger partial charge in [0.25, 0.3) is 17.5 Å². The Morgan fingerprint density at radius 3 is 2.74 bits per heavy atom. The molecule has 126 valence electrons. The normalized spacial score (nSPS) is 47.9. The molecule has 2 amide bonds. The lowest BCUT2D eigenvalue weighted by atomic mass is 9.89. The van der Waals surface area contributed by atoms with E-state index in [1.54, 1.807) is 20.8 Å². The van der Waals surface area contributed by atoms with Gasteiger partial charge in [0.1, 0.15) is 11.7 Å². The highest BCUT2D eigenvalue weighted by atomic mass is 16.8. The molecule has 5 fully saturated rings. The molecule has 2 bridgehead atoms. The van der Waals surface area contributed by atoms with E-state index in [0.717, 1.165) is 0 Å². The van der Waals surface area contributed by atoms with Crippen molar-refractivity contribution in [2.75, 3.05) is 13.2 Å². The average molecular weight is 324 g/mol. The molecule has 5 heterocycles. The van der Waals surface area contributed by atoms with Crippen LogP contribution in [0.5, 0.6) is 0 Å². The van der Waals surface area contributed by atoms with Crippen molar-refractivity contribution in [3.05, 3.63) is 12.2 Å². The molecular formula is C15H20N2O6. The quantitative estimate of drug-likeness (QED) is 0.568. The Labute approximate surface area is 133 Å². The summed E-state index contributed by atoms with van der Waals surface area (Å²) in [6.45, 7) is 9.24. The first-order valence-electron chi connectivity index (χ1n) is 7.62. The summed E-state index contributed by atoms with van der Waals surface area (Å²) in [6.07, 6.45) is -0.531. The summed E-state index contributed by atoms with van der Waals surface area (Å²) in [7, 11) is 0. The molecule has 0 aromatic carbocycles. The number of ether oxygens (including phenoxy) is 3. The van der Waals surface area contributed by atoms with Crippen LogP contribution in [0.25, 0.3) is 0 Å². The maximum absolute atomic E-state index is 12.9. The highest BCUT2D eigenvalue weighted by molar-refractivity contribution is 6.03. The number of amides is 2. The molecule has 1 spiro atoms. The van der Waals surface area contributed by atoms with E-state index < -0.39 is 40.8 Å². The Morgan fingerprint density at radius 1 is 1.35 bits per heavy atom. The monoisotopic (exact) mass is 324 g/mol. The van der Waals surface area contributed by atoms with Crippen LogP contribution in [-0.4, -0.2) is 63.9 Å². The van der Waals surface area contributed by atoms with Crippen molar-refractivity contribution in [2.45, 2.75) is 56.1 Å². The molecule has 0 radical (unpaired) electrons. The lowest BCUT2D eigenvalue weighted by Gasteiger charge is -2.50. The minimum absolute atomic E-state index is 0.0863. The summed E-state index contributed by atoms with van der Waals surface area (Å²) in [4.78, 5) is 26.9. The number of nitrogens with zero attached hydrogens (tertiary/aromatic N) is 1. The van der Waals surface area contributed by atoms with Crippen molar-refractivity contribution in [3.63, 3.8) is 0 Å². The number of carbonyl (C=O) groups is 2. The minimum Gasteiger partial charge on any atom is -0.360 e. The van der Waals surface area contributed by atoms with E-state index in [2.05, 4.69) is 11.9 Å². The second-order valence-electron chi connectivity index (χ2n) is 7.27. The molecule has 0 saturated carbocycles. The van der Waals surface area contributed by atoms with Crippen LogP contribution in [0.4, 0.5) is 0 Å². The maximum atomic E-state index is 12.9. The van der Waals surface area contributed by atoms with E-state index in [9.17, 15) is 14.7 Å². The first-order chi connectivity index (χ1) is 10.6. The van der Waals surface area contributed by atoms with Gasteiger partial charge in [-0.2, -0.15) is 0 Å². The third-order valence-electron chi connectivity index (χ3n) is 5.08. The summed E-state index contributed by atoms with van der Waals surface area (Å²) in [5, 5.41) is 13.0. The third kappa shape index (κ3) is 1.59. The molecule has 5 saturated heterocycles. The first kappa shape index (κ1) is 15.1. The third-order valence-corrected chi connectivity index (χ3v) is 5.08. The molecule has 0 aliphatic carbocycles. The van der Waals surface area contributed by atoms with Gasteiger partial charge in [-0.3, -0.25) is 14.5 Å². The Morgan fingerprint density at radius 2 is 2.04 bits per heavy atom. The molecule has 5 aliphatic heterocycles. The number of hydrogen-bond acceptors (Lipinski definition) is 6. The van der Waals surface area contributed by atoms with Crippen LogP contribution in [0.2, 0.25) is 0 Å². The minimum atomic E-state index is -2.10. The van der Waals surface area contributed by atoms with Crippen molar-refractivity contribution in [1.82, 2.24) is 10.2 Å². The number of rotatable bonds is 0. The summed E-state index contributed by atoms with van der Waals surface area (Å²) in [5.41, 5.74) is -4.44. The summed E-state index contributed by atoms with van der Waals surface area (Å²) in [6, 6.07) is 0. The molecule has 23 heavy (non-hydrogen) atoms. The van der Waals surface area contributed by atoms with Gasteiger partial charge in [-0.1, -0.05) is 6.58 Å². The molecule has 8 heteroatoms. The topological polar surface area (TPSA) is 97.3 Å². The van der Waals surface area contributed by atoms with Gasteiger partial charge in [-0.05, 0) is 32.8 Å². The predicted molar refractivity (Wildman–Crippen MR) is 75.7 cm³/mol. The van der Waals surface area contributed by atoms with E-state index in [1.807, 2.05) is 0 Å². The van der Waals surface area contributed by atoms with Crippen LogP contribution in [0.15, 0.2) is 12.2 Å². The van der Waals surface area contributed by atoms with Gasteiger partial charge in [0.15, 0.2) is 5.79 Å². The van der Waals surface area contributed by atoms with Crippen molar-refractivity contribution in [2.24, 2.45) is 0 Å². The van der Waals surface area contributed by atoms with Crippen LogP contribution in [0.1, 0.15) is 27.2 Å². The van der Waals surface area contributed by atoms with E-state index in [1.165, 1.54) is 4.90 Å². The highest BCUT2D eigenvalue weighted by Crippen LogP contribution is 2.52. The second-order valence-corrected chi connectivity index (χ2v) is 7.27. The van der Waals surface area contributed by atoms with Gasteiger partial charge in [0.2, 0.25) is 5.72 Å². The van der Waals surface area contributed by atoms with Crippen molar-refractivity contribution >= 4 is 11.8 Å². The van der Waals surface area contributed by atoms with E-state index in [-0.39, 0.29) is 25.1 Å². The Bertz CT molecular complexity index is 648. The van der Waals surface area contributed by atoms with Crippen LogP contribution in [0, 0.1) is 0 Å². The largest absolute Gasteiger partial charge is 0.360 e. The van der Waals surface area contributed by atoms with E-state index in [0.29, 0.717) is 0 Å². The number of nitrogens with one attached hydrogen (secondary N) is 1. The van der Waals surface area contributed by atoms with Crippen LogP contribution in [-0.2, 0) is 23.8 Å². The summed E-state index contributed by atoms with van der Waals surface area (Å²) in [5.74, 6) is -2.18. The molecule has 4 atom stereocenters. The van der Waals surface area contributed by atoms with Gasteiger partial charge in [0.05, 0.1) is 13.2 Å². The van der Waals surface area contributed by atoms with Crippen molar-refractivity contribution in [3.8, 4) is 0 Å². The molecule has 0 aromatic rings. The Balaban J connectivity index is 1.88. The lowest BCUT2D eigenvalue weighted by Crippen LogP contribution is -2.78. The van der Waals surface area contributed by atoms with Gasteiger partial charge in [-0.15, -0.1) is 0 Å². The highest BCUT2D eigenvalue weighted by Gasteiger charge is 2.77. The van der Waals surface area contributed by atoms with Gasteiger partial charge < -0.3 is 24.6 Å². The molecule has 0 aromatic heterocycles. The van der Waals surface area contributed by atoms with Crippen molar-refractivity contribution in [1.29, 1.82) is 0 Å². The fourth-order valence-corrected chi connectivity index (χ4v) is 4.17. The van der Waals surface area contributed by atoms with Gasteiger partial charge >= 0.3 is 0 Å². The first-order valence-corrected chi connectivity index (χ1v) is 7.62. The van der Waals surface area contributed by atoms with E-state index >= 15 is 0 Å². The zero-order chi connectivity index (χ0) is 16.8. The number of fused-ring (bicyclic) bond motifs is 5. The second kappa shape index (κ2) is 3.94. The number of hydrogen-bond donors (Lipinski definition) is 2. The zero-order valence-corrected chi connectivity index (χ0v) is 13.3. The molecular weight excluding hydrogens is 304 g/mol. The van der Waals surface area contributed by atoms with Crippen molar-refractivity contribution < 1.29 is 28.9 Å². The molecule has 2 N–H and O–H groups in total. The predicted octanol–water partition coefficient (Wildman–Crippen LogP) is -0.770. The molecule has 5 rings (SSSR count). The van der Waals surface area contributed by atoms with Gasteiger partial charge in [0, 0.05) is 0 Å². The van der Waals surface area contributed by atoms with Crippen LogP contribution < -0.4 is 5.32 Å². The standard InChI is InChI=1S/C15H20N2O6/c1-8-5-6-21-15-9-13(4,23-12(2,3)22-9)7-17(15)11(19)14(8,20)16-10(15)18/h9,20H,1,5-7H2,2-4H3,(H,16,18)/t9-,13-,14+,15-/m0/s1. The fourth-order valence-electron chi connectivity index (χ4n) is 4.17. The van der Waals surface area contributed by atoms with Crippen LogP contribution in [0.3, 0.4) is 0 Å². The smallest absolute Gasteiger partial charge is 0.283 e. The SMILES string of the molecule is C=C1CCO[C@@]23C(=O)N[C@]1(O)C(=O)N2C[C@]1(C)OC(C)(C)O[C@H]31. The summed E-state index contributed by atoms with van der Waals surface area (Å²) < 4.78 is 17.8. The number of piperazine rings is 1. The van der Waals surface area contributed by atoms with Gasteiger partial charge in [-0.25, -0.2) is 0 Å².